The largest absolute Gasteiger partial charge is 0.326 e. The van der Waals surface area contributed by atoms with Gasteiger partial charge in [-0.05, 0) is 24.6 Å². The van der Waals surface area contributed by atoms with Crippen molar-refractivity contribution in [3.8, 4) is 0 Å². The molecule has 6 nitrogen and oxygen atoms in total. The molecule has 2 rings (SSSR count). The number of imide groups is 1. The monoisotopic (exact) mass is 299 g/mol. The summed E-state index contributed by atoms with van der Waals surface area (Å²) in [7, 11) is 0. The molecule has 20 heavy (non-hydrogen) atoms. The van der Waals surface area contributed by atoms with Crippen LogP contribution < -0.4 is 16.0 Å². The van der Waals surface area contributed by atoms with Gasteiger partial charge in [0.1, 0.15) is 11.9 Å². The molecule has 0 radical (unpaired) electrons. The Morgan fingerprint density at radius 3 is 2.75 bits per heavy atom. The van der Waals surface area contributed by atoms with Gasteiger partial charge in [-0.2, -0.15) is 0 Å². The fourth-order valence-corrected chi connectivity index (χ4v) is 1.92. The van der Waals surface area contributed by atoms with Crippen molar-refractivity contribution in [2.45, 2.75) is 18.9 Å². The van der Waals surface area contributed by atoms with Crippen LogP contribution in [0.1, 0.15) is 12.8 Å². The normalized spacial score (nSPS) is 17.6. The molecule has 0 bridgehead atoms. The van der Waals surface area contributed by atoms with Gasteiger partial charge in [-0.25, -0.2) is 9.18 Å². The first kappa shape index (κ1) is 14.3. The summed E-state index contributed by atoms with van der Waals surface area (Å²) in [5.74, 6) is -1.38. The minimum Gasteiger partial charge on any atom is -0.326 e. The van der Waals surface area contributed by atoms with Crippen LogP contribution in [0.15, 0.2) is 18.2 Å². The van der Waals surface area contributed by atoms with Crippen molar-refractivity contribution in [2.24, 2.45) is 0 Å². The molecule has 1 aromatic carbocycles. The van der Waals surface area contributed by atoms with Gasteiger partial charge in [-0.1, -0.05) is 11.6 Å². The number of hydrogen-bond donors (Lipinski definition) is 3. The smallest absolute Gasteiger partial charge is 0.322 e. The van der Waals surface area contributed by atoms with Gasteiger partial charge in [0.05, 0.1) is 5.02 Å². The van der Waals surface area contributed by atoms with Crippen molar-refractivity contribution >= 4 is 35.1 Å². The summed E-state index contributed by atoms with van der Waals surface area (Å²) >= 11 is 5.59. The number of anilines is 1. The van der Waals surface area contributed by atoms with Crippen molar-refractivity contribution < 1.29 is 18.8 Å². The highest BCUT2D eigenvalue weighted by atomic mass is 35.5. The van der Waals surface area contributed by atoms with Gasteiger partial charge < -0.3 is 10.6 Å². The lowest BCUT2D eigenvalue weighted by atomic mass is 10.1. The summed E-state index contributed by atoms with van der Waals surface area (Å²) in [6.07, 6.45) is 0.214. The lowest BCUT2D eigenvalue weighted by molar-refractivity contribution is -0.120. The molecular formula is C12H11ClFN3O3. The Bertz CT molecular complexity index is 579. The molecule has 106 valence electrons. The molecule has 0 saturated carbocycles. The number of carbonyl (C=O) groups is 3. The fraction of sp³-hybridized carbons (Fsp3) is 0.250. The molecule has 1 heterocycles. The molecule has 8 heteroatoms. The Kier molecular flexibility index (Phi) is 4.19. The lowest BCUT2D eigenvalue weighted by Crippen LogP contribution is -2.30. The average Bonchev–Trinajstić information content (AvgIpc) is 2.70. The Morgan fingerprint density at radius 1 is 1.40 bits per heavy atom. The zero-order valence-electron chi connectivity index (χ0n) is 10.2. The Hall–Kier alpha value is -2.15. The summed E-state index contributed by atoms with van der Waals surface area (Å²) in [6, 6.07) is 2.54. The van der Waals surface area contributed by atoms with E-state index in [0.717, 1.165) is 6.07 Å². The topological polar surface area (TPSA) is 87.3 Å². The minimum absolute atomic E-state index is 0.0351. The number of halogens is 2. The molecule has 0 aromatic heterocycles. The van der Waals surface area contributed by atoms with Gasteiger partial charge in [-0.15, -0.1) is 0 Å². The number of rotatable bonds is 4. The SMILES string of the molecule is O=C(CC[C@@H]1NC(=O)NC1=O)Nc1ccc(F)c(Cl)c1. The van der Waals surface area contributed by atoms with Gasteiger partial charge in [0.2, 0.25) is 5.91 Å². The standard InChI is InChI=1S/C12H11ClFN3O3/c13-7-5-6(1-2-8(7)14)15-10(18)4-3-9-11(19)17-12(20)16-9/h1-2,5,9H,3-4H2,(H,15,18)(H2,16,17,19,20)/t9-/m0/s1. The van der Waals surface area contributed by atoms with Gasteiger partial charge in [-0.3, -0.25) is 14.9 Å². The molecule has 0 unspecified atom stereocenters. The van der Waals surface area contributed by atoms with Crippen LogP contribution in [-0.4, -0.2) is 23.9 Å². The van der Waals surface area contributed by atoms with E-state index in [9.17, 15) is 18.8 Å². The van der Waals surface area contributed by atoms with E-state index < -0.39 is 23.8 Å². The van der Waals surface area contributed by atoms with E-state index in [2.05, 4.69) is 16.0 Å². The first-order valence-corrected chi connectivity index (χ1v) is 6.20. The number of amides is 4. The fourth-order valence-electron chi connectivity index (χ4n) is 1.73. The molecule has 1 aliphatic heterocycles. The third-order valence-electron chi connectivity index (χ3n) is 2.72. The molecule has 1 aliphatic rings. The first-order chi connectivity index (χ1) is 9.45. The van der Waals surface area contributed by atoms with E-state index in [1.165, 1.54) is 12.1 Å². The first-order valence-electron chi connectivity index (χ1n) is 5.82. The predicted octanol–water partition coefficient (Wildman–Crippen LogP) is 1.41. The highest BCUT2D eigenvalue weighted by Gasteiger charge is 2.29. The lowest BCUT2D eigenvalue weighted by Gasteiger charge is -2.08. The summed E-state index contributed by atoms with van der Waals surface area (Å²) in [6.45, 7) is 0. The van der Waals surface area contributed by atoms with Crippen LogP contribution in [0.3, 0.4) is 0 Å². The van der Waals surface area contributed by atoms with Crippen LogP contribution >= 0.6 is 11.6 Å². The van der Waals surface area contributed by atoms with Gasteiger partial charge >= 0.3 is 6.03 Å². The van der Waals surface area contributed by atoms with E-state index in [-0.39, 0.29) is 23.8 Å². The highest BCUT2D eigenvalue weighted by Crippen LogP contribution is 2.19. The maximum Gasteiger partial charge on any atom is 0.322 e. The summed E-state index contributed by atoms with van der Waals surface area (Å²) in [4.78, 5) is 33.8. The quantitative estimate of drug-likeness (QED) is 0.735. The van der Waals surface area contributed by atoms with E-state index in [4.69, 9.17) is 11.6 Å². The minimum atomic E-state index is -0.704. The van der Waals surface area contributed by atoms with Crippen LogP contribution in [0.4, 0.5) is 14.9 Å². The zero-order chi connectivity index (χ0) is 14.7. The third kappa shape index (κ3) is 3.45. The molecule has 1 atom stereocenters. The Morgan fingerprint density at radius 2 is 2.15 bits per heavy atom. The number of carbonyl (C=O) groups excluding carboxylic acids is 3. The van der Waals surface area contributed by atoms with Crippen molar-refractivity contribution in [1.29, 1.82) is 0 Å². The number of urea groups is 1. The number of benzene rings is 1. The van der Waals surface area contributed by atoms with Gasteiger partial charge in [0, 0.05) is 12.1 Å². The van der Waals surface area contributed by atoms with Crippen molar-refractivity contribution in [2.75, 3.05) is 5.32 Å². The molecule has 1 aromatic rings. The van der Waals surface area contributed by atoms with Crippen LogP contribution in [-0.2, 0) is 9.59 Å². The van der Waals surface area contributed by atoms with E-state index in [1.54, 1.807) is 0 Å². The average molecular weight is 300 g/mol. The summed E-state index contributed by atoms with van der Waals surface area (Å²) in [5, 5.41) is 6.90. The highest BCUT2D eigenvalue weighted by molar-refractivity contribution is 6.31. The van der Waals surface area contributed by atoms with Crippen molar-refractivity contribution in [3.63, 3.8) is 0 Å². The molecular weight excluding hydrogens is 289 g/mol. The molecule has 0 aliphatic carbocycles. The second kappa shape index (κ2) is 5.87. The molecule has 1 fully saturated rings. The maximum absolute atomic E-state index is 12.9. The third-order valence-corrected chi connectivity index (χ3v) is 3.01. The number of hydrogen-bond acceptors (Lipinski definition) is 3. The van der Waals surface area contributed by atoms with Crippen LogP contribution in [0.25, 0.3) is 0 Å². The zero-order valence-corrected chi connectivity index (χ0v) is 11.0. The van der Waals surface area contributed by atoms with Crippen molar-refractivity contribution in [1.82, 2.24) is 10.6 Å². The summed E-state index contributed by atoms with van der Waals surface area (Å²) < 4.78 is 12.9. The predicted molar refractivity (Wildman–Crippen MR) is 69.7 cm³/mol. The molecule has 4 amide bonds. The van der Waals surface area contributed by atoms with Crippen LogP contribution in [0.2, 0.25) is 5.02 Å². The molecule has 0 spiro atoms. The maximum atomic E-state index is 12.9. The van der Waals surface area contributed by atoms with E-state index in [1.807, 2.05) is 0 Å². The Balaban J connectivity index is 1.85. The van der Waals surface area contributed by atoms with Crippen LogP contribution in [0.5, 0.6) is 0 Å². The molecule has 3 N–H and O–H groups in total. The molecule has 1 saturated heterocycles. The van der Waals surface area contributed by atoms with Gasteiger partial charge in [0.25, 0.3) is 5.91 Å². The van der Waals surface area contributed by atoms with Gasteiger partial charge in [0.15, 0.2) is 0 Å². The second-order valence-electron chi connectivity index (χ2n) is 4.23. The van der Waals surface area contributed by atoms with E-state index in [0.29, 0.717) is 5.69 Å². The Labute approximate surface area is 118 Å². The van der Waals surface area contributed by atoms with Crippen LogP contribution in [0, 0.1) is 5.82 Å². The summed E-state index contributed by atoms with van der Waals surface area (Å²) in [5.41, 5.74) is 0.362. The van der Waals surface area contributed by atoms with Crippen molar-refractivity contribution in [3.05, 3.63) is 29.0 Å². The second-order valence-corrected chi connectivity index (χ2v) is 4.64. The number of nitrogens with one attached hydrogen (secondary N) is 3. The van der Waals surface area contributed by atoms with E-state index >= 15 is 0 Å².